The molecule has 0 saturated heterocycles. The van der Waals surface area contributed by atoms with Crippen molar-refractivity contribution >= 4 is 23.0 Å². The number of amides is 1. The van der Waals surface area contributed by atoms with Crippen LogP contribution in [0, 0.1) is 10.1 Å². The van der Waals surface area contributed by atoms with E-state index in [-0.39, 0.29) is 16.9 Å². The summed E-state index contributed by atoms with van der Waals surface area (Å²) in [5, 5.41) is 25.5. The van der Waals surface area contributed by atoms with Gasteiger partial charge in [-0.1, -0.05) is 12.1 Å². The highest BCUT2D eigenvalue weighted by atomic mass is 16.6. The van der Waals surface area contributed by atoms with Gasteiger partial charge in [-0.25, -0.2) is 4.68 Å². The Balaban J connectivity index is 1.58. The third kappa shape index (κ3) is 3.32. The third-order valence-electron chi connectivity index (χ3n) is 4.25. The molecule has 4 rings (SSSR count). The van der Waals surface area contributed by atoms with Gasteiger partial charge in [0.1, 0.15) is 5.69 Å². The van der Waals surface area contributed by atoms with Crippen LogP contribution in [0.2, 0.25) is 0 Å². The number of tetrazole rings is 1. The van der Waals surface area contributed by atoms with Crippen LogP contribution in [0.5, 0.6) is 0 Å². The van der Waals surface area contributed by atoms with Gasteiger partial charge in [-0.2, -0.15) is 0 Å². The molecule has 0 bridgehead atoms. The van der Waals surface area contributed by atoms with Crippen LogP contribution in [0.3, 0.4) is 0 Å². The zero-order valence-electron chi connectivity index (χ0n) is 14.1. The number of rotatable bonds is 5. The number of hydrogen-bond donors (Lipinski definition) is 2. The largest absolute Gasteiger partial charge is 0.393 e. The van der Waals surface area contributed by atoms with Crippen molar-refractivity contribution in [2.75, 3.05) is 11.1 Å². The van der Waals surface area contributed by atoms with Crippen LogP contribution < -0.4 is 11.1 Å². The summed E-state index contributed by atoms with van der Waals surface area (Å²) in [5.74, 6) is 0.161. The minimum absolute atomic E-state index is 0.00506. The van der Waals surface area contributed by atoms with Gasteiger partial charge >= 0.3 is 0 Å². The number of nitrogens with one attached hydrogen (secondary N) is 1. The van der Waals surface area contributed by atoms with Crippen LogP contribution in [0.1, 0.15) is 29.2 Å². The van der Waals surface area contributed by atoms with Crippen molar-refractivity contribution in [1.29, 1.82) is 0 Å². The molecule has 10 heteroatoms. The van der Waals surface area contributed by atoms with E-state index in [0.717, 1.165) is 24.5 Å². The minimum Gasteiger partial charge on any atom is -0.393 e. The summed E-state index contributed by atoms with van der Waals surface area (Å²) in [7, 11) is 0. The maximum Gasteiger partial charge on any atom is 0.292 e. The van der Waals surface area contributed by atoms with Crippen molar-refractivity contribution in [1.82, 2.24) is 20.2 Å². The molecule has 1 aliphatic rings. The van der Waals surface area contributed by atoms with E-state index >= 15 is 0 Å². The number of nitrogens with zero attached hydrogens (tertiary/aromatic N) is 5. The molecule has 0 aliphatic heterocycles. The smallest absolute Gasteiger partial charge is 0.292 e. The Morgan fingerprint density at radius 3 is 2.81 bits per heavy atom. The summed E-state index contributed by atoms with van der Waals surface area (Å²) >= 11 is 0. The number of aromatic nitrogens is 4. The molecule has 10 nitrogen and oxygen atoms in total. The van der Waals surface area contributed by atoms with Gasteiger partial charge < -0.3 is 11.1 Å². The van der Waals surface area contributed by atoms with E-state index in [2.05, 4.69) is 20.8 Å². The highest BCUT2D eigenvalue weighted by molar-refractivity contribution is 6.05. The number of nitrogens with two attached hydrogens (primary N) is 1. The molecule has 0 spiro atoms. The van der Waals surface area contributed by atoms with Gasteiger partial charge in [-0.3, -0.25) is 14.9 Å². The molecule has 1 saturated carbocycles. The van der Waals surface area contributed by atoms with Gasteiger partial charge in [0.05, 0.1) is 11.0 Å². The number of benzene rings is 2. The number of nitro groups is 1. The van der Waals surface area contributed by atoms with E-state index in [0.29, 0.717) is 17.6 Å². The molecular formula is C17H15N7O3. The molecule has 1 aliphatic carbocycles. The number of carbonyl (C=O) groups excluding carboxylic acids is 1. The lowest BCUT2D eigenvalue weighted by Gasteiger charge is -2.08. The second-order valence-electron chi connectivity index (χ2n) is 6.24. The van der Waals surface area contributed by atoms with E-state index in [9.17, 15) is 14.9 Å². The minimum atomic E-state index is -0.621. The van der Waals surface area contributed by atoms with E-state index in [1.807, 2.05) is 6.07 Å². The number of hydrogen-bond acceptors (Lipinski definition) is 7. The fourth-order valence-corrected chi connectivity index (χ4v) is 2.73. The molecule has 2 aromatic carbocycles. The van der Waals surface area contributed by atoms with E-state index in [1.54, 1.807) is 22.9 Å². The second kappa shape index (κ2) is 6.48. The van der Waals surface area contributed by atoms with Gasteiger partial charge in [-0.15, -0.1) is 5.10 Å². The Hall–Kier alpha value is -3.82. The maximum absolute atomic E-state index is 12.5. The van der Waals surface area contributed by atoms with Crippen LogP contribution >= 0.6 is 0 Å². The summed E-state index contributed by atoms with van der Waals surface area (Å²) in [4.78, 5) is 22.8. The summed E-state index contributed by atoms with van der Waals surface area (Å²) in [6.45, 7) is 0. The Morgan fingerprint density at radius 2 is 2.07 bits per heavy atom. The average molecular weight is 365 g/mol. The van der Waals surface area contributed by atoms with Crippen molar-refractivity contribution in [3.8, 4) is 11.4 Å². The van der Waals surface area contributed by atoms with E-state index < -0.39 is 10.8 Å². The first-order valence-corrected chi connectivity index (χ1v) is 8.26. The third-order valence-corrected chi connectivity index (χ3v) is 4.25. The van der Waals surface area contributed by atoms with Crippen molar-refractivity contribution in [2.24, 2.45) is 0 Å². The summed E-state index contributed by atoms with van der Waals surface area (Å²) in [6.07, 6.45) is 2.09. The number of nitro benzene ring substituents is 1. The molecular weight excluding hydrogens is 350 g/mol. The predicted molar refractivity (Wildman–Crippen MR) is 97.0 cm³/mol. The van der Waals surface area contributed by atoms with Gasteiger partial charge in [-0.05, 0) is 47.5 Å². The zero-order chi connectivity index (χ0) is 19.0. The molecule has 3 aromatic rings. The SMILES string of the molecule is Nc1ccc(C(=O)Nc2cccc(-c3nnnn3C3CC3)c2)cc1[N+](=O)[O-]. The molecule has 1 fully saturated rings. The molecule has 3 N–H and O–H groups in total. The topological polar surface area (TPSA) is 142 Å². The number of carbonyl (C=O) groups is 1. The Bertz CT molecular complexity index is 1040. The number of anilines is 2. The highest BCUT2D eigenvalue weighted by Gasteiger charge is 2.28. The van der Waals surface area contributed by atoms with Crippen molar-refractivity contribution in [2.45, 2.75) is 18.9 Å². The van der Waals surface area contributed by atoms with Gasteiger partial charge in [0.25, 0.3) is 11.6 Å². The maximum atomic E-state index is 12.5. The van der Waals surface area contributed by atoms with Crippen molar-refractivity contribution in [3.05, 3.63) is 58.1 Å². The van der Waals surface area contributed by atoms with Crippen LogP contribution in [0.15, 0.2) is 42.5 Å². The molecule has 1 heterocycles. The lowest BCUT2D eigenvalue weighted by atomic mass is 10.1. The Kier molecular flexibility index (Phi) is 3.99. The predicted octanol–water partition coefficient (Wildman–Crippen LogP) is 2.42. The fraction of sp³-hybridized carbons (Fsp3) is 0.176. The van der Waals surface area contributed by atoms with Gasteiger partial charge in [0.2, 0.25) is 0 Å². The van der Waals surface area contributed by atoms with Gasteiger partial charge in [0, 0.05) is 22.9 Å². The molecule has 0 unspecified atom stereocenters. The first kappa shape index (κ1) is 16.6. The molecule has 27 heavy (non-hydrogen) atoms. The van der Waals surface area contributed by atoms with Gasteiger partial charge in [0.15, 0.2) is 5.82 Å². The molecule has 0 atom stereocenters. The monoisotopic (exact) mass is 365 g/mol. The summed E-state index contributed by atoms with van der Waals surface area (Å²) in [6, 6.07) is 11.4. The van der Waals surface area contributed by atoms with Crippen LogP contribution in [-0.2, 0) is 0 Å². The zero-order valence-corrected chi connectivity index (χ0v) is 14.1. The highest BCUT2D eigenvalue weighted by Crippen LogP contribution is 2.36. The van der Waals surface area contributed by atoms with E-state index in [4.69, 9.17) is 5.73 Å². The summed E-state index contributed by atoms with van der Waals surface area (Å²) in [5.41, 5.74) is 6.71. The first-order chi connectivity index (χ1) is 13.0. The second-order valence-corrected chi connectivity index (χ2v) is 6.24. The fourth-order valence-electron chi connectivity index (χ4n) is 2.73. The molecule has 1 aromatic heterocycles. The van der Waals surface area contributed by atoms with Crippen molar-refractivity contribution < 1.29 is 9.72 Å². The quantitative estimate of drug-likeness (QED) is 0.401. The Morgan fingerprint density at radius 1 is 1.26 bits per heavy atom. The number of nitrogen functional groups attached to an aromatic ring is 1. The van der Waals surface area contributed by atoms with Crippen molar-refractivity contribution in [3.63, 3.8) is 0 Å². The lowest BCUT2D eigenvalue weighted by Crippen LogP contribution is -2.12. The average Bonchev–Trinajstić information content (AvgIpc) is 3.38. The van der Waals surface area contributed by atoms with E-state index in [1.165, 1.54) is 12.1 Å². The molecule has 1 amide bonds. The molecule has 0 radical (unpaired) electrons. The Labute approximate surface area is 153 Å². The normalized spacial score (nSPS) is 13.3. The lowest BCUT2D eigenvalue weighted by molar-refractivity contribution is -0.383. The van der Waals surface area contributed by atoms with Crippen LogP contribution in [0.4, 0.5) is 17.1 Å². The van der Waals surface area contributed by atoms with Crippen LogP contribution in [-0.4, -0.2) is 31.0 Å². The summed E-state index contributed by atoms with van der Waals surface area (Å²) < 4.78 is 1.78. The standard InChI is InChI=1S/C17H15N7O3/c18-14-7-4-11(9-15(14)24(26)27)17(25)19-12-3-1-2-10(8-12)16-20-21-22-23(16)13-5-6-13/h1-4,7-9,13H,5-6,18H2,(H,19,25). The van der Waals surface area contributed by atoms with Crippen LogP contribution in [0.25, 0.3) is 11.4 Å². The first-order valence-electron chi connectivity index (χ1n) is 8.26. The molecule has 136 valence electrons.